The van der Waals surface area contributed by atoms with Crippen LogP contribution in [-0.2, 0) is 6.42 Å². The maximum atomic E-state index is 7.03. The van der Waals surface area contributed by atoms with Crippen molar-refractivity contribution in [2.45, 2.75) is 133 Å². The van der Waals surface area contributed by atoms with E-state index in [4.69, 9.17) is 5.73 Å². The quantitative estimate of drug-likeness (QED) is 0.136. The van der Waals surface area contributed by atoms with Crippen molar-refractivity contribution in [3.05, 3.63) is 191 Å². The third kappa shape index (κ3) is 10.1. The molecule has 0 amide bonds. The van der Waals surface area contributed by atoms with Crippen LogP contribution in [0.25, 0.3) is 23.9 Å². The molecule has 11 atom stereocenters. The van der Waals surface area contributed by atoms with Crippen LogP contribution in [-0.4, -0.2) is 40.2 Å². The number of rotatable bonds is 15. The molecule has 0 saturated carbocycles. The van der Waals surface area contributed by atoms with Crippen LogP contribution in [0.4, 0.5) is 0 Å². The smallest absolute Gasteiger partial charge is 0.0502 e. The molecular weight excluding hydrogens is 837 g/mol. The first-order valence-electron chi connectivity index (χ1n) is 27.4. The minimum Gasteiger partial charge on any atom is -0.365 e. The van der Waals surface area contributed by atoms with Crippen LogP contribution in [0.5, 0.6) is 0 Å². The van der Waals surface area contributed by atoms with Crippen molar-refractivity contribution in [2.24, 2.45) is 47.2 Å². The molecule has 0 bridgehead atoms. The fourth-order valence-electron chi connectivity index (χ4n) is 14.0. The third-order valence-corrected chi connectivity index (χ3v) is 17.8. The molecule has 4 nitrogen and oxygen atoms in total. The zero-order valence-electron chi connectivity index (χ0n) is 41.3. The van der Waals surface area contributed by atoms with Gasteiger partial charge < -0.3 is 20.5 Å². The molecule has 0 radical (unpaired) electrons. The van der Waals surface area contributed by atoms with E-state index in [1.54, 1.807) is 0 Å². The van der Waals surface area contributed by atoms with Crippen LogP contribution in [0.1, 0.15) is 114 Å². The summed E-state index contributed by atoms with van der Waals surface area (Å²) in [7, 11) is 0. The first-order valence-corrected chi connectivity index (χ1v) is 27.4. The Morgan fingerprint density at radius 1 is 0.754 bits per heavy atom. The second-order valence-electron chi connectivity index (χ2n) is 22.0. The second kappa shape index (κ2) is 21.5. The molecule has 3 N–H and O–H groups in total. The van der Waals surface area contributed by atoms with Gasteiger partial charge in [0, 0.05) is 53.0 Å². The van der Waals surface area contributed by atoms with Crippen molar-refractivity contribution in [1.82, 2.24) is 14.8 Å². The van der Waals surface area contributed by atoms with Gasteiger partial charge in [0.1, 0.15) is 0 Å². The van der Waals surface area contributed by atoms with E-state index in [2.05, 4.69) is 179 Å². The lowest BCUT2D eigenvalue weighted by Gasteiger charge is -2.38. The predicted octanol–water partition coefficient (Wildman–Crippen LogP) is 12.8. The molecule has 11 unspecified atom stereocenters. The summed E-state index contributed by atoms with van der Waals surface area (Å²) in [6.45, 7) is 5.39. The van der Waals surface area contributed by atoms with E-state index in [-0.39, 0.29) is 12.1 Å². The normalized spacial score (nSPS) is 32.0. The first kappa shape index (κ1) is 46.2. The van der Waals surface area contributed by atoms with Crippen molar-refractivity contribution in [1.29, 1.82) is 0 Å². The van der Waals surface area contributed by atoms with E-state index in [1.165, 1.54) is 88.5 Å². The molecule has 1 fully saturated rings. The Labute approximate surface area is 414 Å². The summed E-state index contributed by atoms with van der Waals surface area (Å²) >= 11 is 0. The summed E-state index contributed by atoms with van der Waals surface area (Å²) in [6, 6.07) is 1.37. The minimum absolute atomic E-state index is 0.110. The zero-order chi connectivity index (χ0) is 46.5. The summed E-state index contributed by atoms with van der Waals surface area (Å²) in [4.78, 5) is 2.85. The average molecular weight is 915 g/mol. The predicted molar refractivity (Wildman–Crippen MR) is 293 cm³/mol. The Bertz CT molecular complexity index is 2670. The zero-order valence-corrected chi connectivity index (χ0v) is 41.3. The van der Waals surface area contributed by atoms with Gasteiger partial charge in [0.15, 0.2) is 0 Å². The second-order valence-corrected chi connectivity index (χ2v) is 22.0. The number of likely N-dealkylation sites (tertiary alicyclic amines) is 1. The standard InChI is InChI=1S/C65H78N4/c1-2-47(28-36-58-41-55-40-52(48-20-10-4-11-21-48)31-37-63(55)68(58)56-26-16-7-17-27-56)53-32-38-64-59(42-53)60-43-54(49-22-12-5-13-23-49)33-39-65(60)69(64)57-34-29-51(30-35-57)62(67-45-46-18-8-3-9-19-46)44-61(66)50-24-14-6-15-25-50/h2,4,6-8,10-12,14-16,18-20,22,24,26,28-29,31-32,34,37-39,43,48-50,52-55,58,61-63,67H,1,3,5,9,13,17,21,23,25,27,30,33,35-36,40-42,44-45,66H2/b47-28+. The number of fused-ring (bicyclic) bond motifs is 4. The highest BCUT2D eigenvalue weighted by Gasteiger charge is 2.43. The largest absolute Gasteiger partial charge is 0.365 e. The van der Waals surface area contributed by atoms with Crippen LogP contribution in [0.3, 0.4) is 0 Å². The SMILES string of the molecule is C=C/C(=C\CC1CC2CC(C3C=CC=CC3)C=CC2N1C1=CC=CCC1)C1C=Cc2c(c3c(n2C2=CC=C(C(CC(N)C4C=CC=CC4)NCC4=CCCC=C4)CC2)=CCC(C2C=CCCC2)C=3)C1. The molecule has 0 aromatic carbocycles. The average Bonchev–Trinajstić information content (AvgIpc) is 3.95. The number of hydrogen-bond acceptors (Lipinski definition) is 3. The van der Waals surface area contributed by atoms with Crippen LogP contribution < -0.4 is 21.6 Å². The lowest BCUT2D eigenvalue weighted by Crippen LogP contribution is -2.41. The van der Waals surface area contributed by atoms with Crippen LogP contribution >= 0.6 is 0 Å². The molecule has 11 rings (SSSR count). The number of nitrogens with zero attached hydrogens (tertiary/aromatic N) is 2. The molecule has 2 heterocycles. The first-order chi connectivity index (χ1) is 34.1. The molecule has 69 heavy (non-hydrogen) atoms. The van der Waals surface area contributed by atoms with Gasteiger partial charge in [0.05, 0.1) is 6.04 Å². The summed E-state index contributed by atoms with van der Waals surface area (Å²) in [5, 5.41) is 6.92. The Kier molecular flexibility index (Phi) is 14.4. The highest BCUT2D eigenvalue weighted by atomic mass is 15.2. The van der Waals surface area contributed by atoms with E-state index < -0.39 is 0 Å². The van der Waals surface area contributed by atoms with Gasteiger partial charge >= 0.3 is 0 Å². The summed E-state index contributed by atoms with van der Waals surface area (Å²) in [6.07, 6.45) is 81.9. The molecule has 4 heteroatoms. The van der Waals surface area contributed by atoms with Gasteiger partial charge in [-0.15, -0.1) is 0 Å². The molecule has 10 aliphatic rings. The summed E-state index contributed by atoms with van der Waals surface area (Å²) in [5.41, 5.74) is 17.2. The molecule has 0 spiro atoms. The van der Waals surface area contributed by atoms with E-state index in [0.717, 1.165) is 77.2 Å². The highest BCUT2D eigenvalue weighted by molar-refractivity contribution is 5.67. The lowest BCUT2D eigenvalue weighted by molar-refractivity contribution is 0.238. The number of hydrogen-bond donors (Lipinski definition) is 2. The Balaban J connectivity index is 0.874. The Morgan fingerprint density at radius 3 is 2.45 bits per heavy atom. The van der Waals surface area contributed by atoms with Crippen molar-refractivity contribution in [3.63, 3.8) is 0 Å². The van der Waals surface area contributed by atoms with Crippen molar-refractivity contribution in [2.75, 3.05) is 6.54 Å². The van der Waals surface area contributed by atoms with Crippen LogP contribution in [0, 0.1) is 41.4 Å². The molecule has 1 aromatic rings. The molecule has 1 saturated heterocycles. The Morgan fingerprint density at radius 2 is 1.68 bits per heavy atom. The topological polar surface area (TPSA) is 46.2 Å². The number of allylic oxidation sites excluding steroid dienone is 22. The summed E-state index contributed by atoms with van der Waals surface area (Å²) < 4.78 is 2.67. The van der Waals surface area contributed by atoms with E-state index in [1.807, 2.05) is 0 Å². The van der Waals surface area contributed by atoms with Gasteiger partial charge in [-0.05, 0) is 185 Å². The van der Waals surface area contributed by atoms with Gasteiger partial charge in [0.25, 0.3) is 0 Å². The van der Waals surface area contributed by atoms with Gasteiger partial charge in [0.2, 0.25) is 0 Å². The van der Waals surface area contributed by atoms with E-state index >= 15 is 0 Å². The fourth-order valence-corrected chi connectivity index (χ4v) is 14.0. The Hall–Kier alpha value is -5.16. The third-order valence-electron chi connectivity index (χ3n) is 17.8. The van der Waals surface area contributed by atoms with Gasteiger partial charge in [-0.25, -0.2) is 0 Å². The van der Waals surface area contributed by atoms with Crippen LogP contribution in [0.2, 0.25) is 0 Å². The van der Waals surface area contributed by atoms with Crippen LogP contribution in [0.15, 0.2) is 169 Å². The number of nitrogens with one attached hydrogen (secondary N) is 1. The van der Waals surface area contributed by atoms with Gasteiger partial charge in [-0.2, -0.15) is 0 Å². The maximum absolute atomic E-state index is 7.03. The lowest BCUT2D eigenvalue weighted by atomic mass is 9.75. The van der Waals surface area contributed by atoms with Gasteiger partial charge in [-0.1, -0.05) is 152 Å². The maximum Gasteiger partial charge on any atom is 0.0502 e. The molecule has 9 aliphatic carbocycles. The van der Waals surface area contributed by atoms with Crippen molar-refractivity contribution >= 4 is 23.9 Å². The molecule has 1 aliphatic heterocycles. The fraction of sp³-hybridized carbons (Fsp3) is 0.446. The molecular formula is C65H78N4. The van der Waals surface area contributed by atoms with E-state index in [9.17, 15) is 0 Å². The minimum atomic E-state index is 0.110. The molecule has 1 aromatic heterocycles. The molecule has 358 valence electrons. The van der Waals surface area contributed by atoms with Crippen molar-refractivity contribution in [3.8, 4) is 0 Å². The van der Waals surface area contributed by atoms with Gasteiger partial charge in [-0.3, -0.25) is 0 Å². The number of nitrogens with two attached hydrogens (primary N) is 1. The van der Waals surface area contributed by atoms with Crippen molar-refractivity contribution < 1.29 is 0 Å². The van der Waals surface area contributed by atoms with E-state index in [0.29, 0.717) is 53.5 Å². The highest BCUT2D eigenvalue weighted by Crippen LogP contribution is 2.46. The monoisotopic (exact) mass is 915 g/mol. The summed E-state index contributed by atoms with van der Waals surface area (Å²) in [5.74, 6) is 3.87. The number of aromatic nitrogens is 1.